The zero-order chi connectivity index (χ0) is 52.0. The highest BCUT2D eigenvalue weighted by molar-refractivity contribution is 5.70. The monoisotopic (exact) mass is 993 g/mol. The SMILES string of the molecule is CC/C=C\C/C=C\C/C=C\C/C=C\C/C=C\C/C=C\C/C=C\C/C=C\CCCCC(=O)OC(CO)COC(=O)CCCCCCCCCCCCCCCCCCCC/C=C\C/C=C\C/C=C\C/C=C\CC. The molecule has 0 aromatic carbocycles. The molecule has 406 valence electrons. The second-order valence-corrected chi connectivity index (χ2v) is 19.0. The minimum Gasteiger partial charge on any atom is -0.462 e. The van der Waals surface area contributed by atoms with E-state index in [1.54, 1.807) is 0 Å². The molecule has 0 rings (SSSR count). The number of unbranched alkanes of at least 4 members (excludes halogenated alkanes) is 20. The topological polar surface area (TPSA) is 72.8 Å². The molecule has 5 nitrogen and oxygen atoms in total. The Balaban J connectivity index is 3.58. The summed E-state index contributed by atoms with van der Waals surface area (Å²) >= 11 is 0. The highest BCUT2D eigenvalue weighted by Crippen LogP contribution is 2.16. The predicted octanol–water partition coefficient (Wildman–Crippen LogP) is 20.2. The molecular weight excluding hydrogens is 885 g/mol. The molecule has 0 saturated carbocycles. The Hall–Kier alpha value is -4.22. The van der Waals surface area contributed by atoms with Crippen molar-refractivity contribution in [3.63, 3.8) is 0 Å². The molecule has 0 spiro atoms. The molecule has 0 saturated heterocycles. The zero-order valence-corrected chi connectivity index (χ0v) is 46.4. The molecule has 0 bridgehead atoms. The van der Waals surface area contributed by atoms with Crippen LogP contribution in [-0.2, 0) is 19.1 Å². The van der Waals surface area contributed by atoms with E-state index in [0.29, 0.717) is 12.8 Å². The van der Waals surface area contributed by atoms with Crippen molar-refractivity contribution in [2.75, 3.05) is 13.2 Å². The number of aliphatic hydroxyl groups excluding tert-OH is 1. The van der Waals surface area contributed by atoms with Crippen LogP contribution in [0.25, 0.3) is 0 Å². The Morgan fingerprint density at radius 3 is 0.861 bits per heavy atom. The van der Waals surface area contributed by atoms with Gasteiger partial charge < -0.3 is 14.6 Å². The van der Waals surface area contributed by atoms with Gasteiger partial charge in [-0.05, 0) is 116 Å². The maximum atomic E-state index is 12.3. The summed E-state index contributed by atoms with van der Waals surface area (Å²) in [6.07, 6.45) is 92.6. The Morgan fingerprint density at radius 1 is 0.319 bits per heavy atom. The van der Waals surface area contributed by atoms with Gasteiger partial charge in [-0.15, -0.1) is 0 Å². The van der Waals surface area contributed by atoms with Gasteiger partial charge in [-0.1, -0.05) is 262 Å². The average Bonchev–Trinajstić information content (AvgIpc) is 3.38. The van der Waals surface area contributed by atoms with Crippen LogP contribution in [0.3, 0.4) is 0 Å². The maximum Gasteiger partial charge on any atom is 0.306 e. The van der Waals surface area contributed by atoms with E-state index in [9.17, 15) is 14.7 Å². The van der Waals surface area contributed by atoms with E-state index in [-0.39, 0.29) is 25.2 Å². The first-order valence-corrected chi connectivity index (χ1v) is 29.4. The van der Waals surface area contributed by atoms with Crippen LogP contribution in [0.15, 0.2) is 146 Å². The van der Waals surface area contributed by atoms with Crippen LogP contribution in [0.5, 0.6) is 0 Å². The number of ether oxygens (including phenoxy) is 2. The normalized spacial score (nSPS) is 13.3. The fourth-order valence-corrected chi connectivity index (χ4v) is 7.80. The molecule has 1 atom stereocenters. The smallest absolute Gasteiger partial charge is 0.306 e. The van der Waals surface area contributed by atoms with Gasteiger partial charge in [0.2, 0.25) is 0 Å². The molecular formula is C67H108O5. The van der Waals surface area contributed by atoms with Gasteiger partial charge in [-0.2, -0.15) is 0 Å². The van der Waals surface area contributed by atoms with Gasteiger partial charge >= 0.3 is 11.9 Å². The van der Waals surface area contributed by atoms with E-state index in [4.69, 9.17) is 9.47 Å². The van der Waals surface area contributed by atoms with Crippen LogP contribution in [0.4, 0.5) is 0 Å². The third-order valence-corrected chi connectivity index (χ3v) is 12.1. The predicted molar refractivity (Wildman–Crippen MR) is 315 cm³/mol. The highest BCUT2D eigenvalue weighted by Gasteiger charge is 2.16. The third-order valence-electron chi connectivity index (χ3n) is 12.1. The molecule has 0 aliphatic rings. The minimum absolute atomic E-state index is 0.0912. The number of rotatable bonds is 52. The van der Waals surface area contributed by atoms with Crippen LogP contribution < -0.4 is 0 Å². The summed E-state index contributed by atoms with van der Waals surface area (Å²) in [6.45, 7) is 3.88. The van der Waals surface area contributed by atoms with Crippen LogP contribution in [0.1, 0.15) is 245 Å². The van der Waals surface area contributed by atoms with Gasteiger partial charge in [0.25, 0.3) is 0 Å². The number of aliphatic hydroxyl groups is 1. The van der Waals surface area contributed by atoms with E-state index >= 15 is 0 Å². The molecule has 0 heterocycles. The molecule has 0 amide bonds. The van der Waals surface area contributed by atoms with Crippen LogP contribution in [0.2, 0.25) is 0 Å². The van der Waals surface area contributed by atoms with Crippen molar-refractivity contribution in [2.24, 2.45) is 0 Å². The van der Waals surface area contributed by atoms with Gasteiger partial charge in [0.1, 0.15) is 6.61 Å². The van der Waals surface area contributed by atoms with Gasteiger partial charge in [0.05, 0.1) is 6.61 Å². The quantitative estimate of drug-likeness (QED) is 0.0373. The molecule has 0 fully saturated rings. The molecule has 5 heteroatoms. The van der Waals surface area contributed by atoms with Crippen molar-refractivity contribution < 1.29 is 24.2 Å². The number of carbonyl (C=O) groups excluding carboxylic acids is 2. The first-order valence-electron chi connectivity index (χ1n) is 29.4. The van der Waals surface area contributed by atoms with E-state index in [2.05, 4.69) is 160 Å². The van der Waals surface area contributed by atoms with Gasteiger partial charge in [0, 0.05) is 12.8 Å². The van der Waals surface area contributed by atoms with E-state index in [0.717, 1.165) is 116 Å². The molecule has 1 unspecified atom stereocenters. The lowest BCUT2D eigenvalue weighted by Crippen LogP contribution is -2.28. The number of hydrogen-bond acceptors (Lipinski definition) is 5. The van der Waals surface area contributed by atoms with Crippen LogP contribution in [-0.4, -0.2) is 36.4 Å². The summed E-state index contributed by atoms with van der Waals surface area (Å²) in [5, 5.41) is 9.66. The van der Waals surface area contributed by atoms with Gasteiger partial charge in [0.15, 0.2) is 6.10 Å². The zero-order valence-electron chi connectivity index (χ0n) is 46.4. The highest BCUT2D eigenvalue weighted by atomic mass is 16.6. The fraction of sp³-hybridized carbons (Fsp3) is 0.612. The maximum absolute atomic E-state index is 12.3. The Kier molecular flexibility index (Phi) is 57.5. The fourth-order valence-electron chi connectivity index (χ4n) is 7.80. The summed E-state index contributed by atoms with van der Waals surface area (Å²) in [6, 6.07) is 0. The summed E-state index contributed by atoms with van der Waals surface area (Å²) in [5.74, 6) is -0.646. The second-order valence-electron chi connectivity index (χ2n) is 19.0. The summed E-state index contributed by atoms with van der Waals surface area (Å²) in [7, 11) is 0. The van der Waals surface area contributed by atoms with E-state index in [1.807, 2.05) is 0 Å². The van der Waals surface area contributed by atoms with Crippen molar-refractivity contribution >= 4 is 11.9 Å². The summed E-state index contributed by atoms with van der Waals surface area (Å²) < 4.78 is 10.7. The third kappa shape index (κ3) is 58.4. The molecule has 0 radical (unpaired) electrons. The Labute approximate surface area is 444 Å². The van der Waals surface area contributed by atoms with Crippen LogP contribution >= 0.6 is 0 Å². The first kappa shape index (κ1) is 67.8. The molecule has 72 heavy (non-hydrogen) atoms. The van der Waals surface area contributed by atoms with Gasteiger partial charge in [-0.25, -0.2) is 0 Å². The largest absolute Gasteiger partial charge is 0.462 e. The molecule has 0 aliphatic heterocycles. The van der Waals surface area contributed by atoms with Crippen molar-refractivity contribution in [1.29, 1.82) is 0 Å². The summed E-state index contributed by atoms with van der Waals surface area (Å²) in [4.78, 5) is 24.5. The Morgan fingerprint density at radius 2 is 0.556 bits per heavy atom. The molecule has 1 N–H and O–H groups in total. The van der Waals surface area contributed by atoms with E-state index in [1.165, 1.54) is 103 Å². The summed E-state index contributed by atoms with van der Waals surface area (Å²) in [5.41, 5.74) is 0. The number of esters is 2. The molecule has 0 aromatic heterocycles. The lowest BCUT2D eigenvalue weighted by atomic mass is 10.0. The number of allylic oxidation sites excluding steroid dienone is 24. The second kappa shape index (κ2) is 61.1. The van der Waals surface area contributed by atoms with Crippen molar-refractivity contribution in [2.45, 2.75) is 251 Å². The van der Waals surface area contributed by atoms with Crippen molar-refractivity contribution in [3.8, 4) is 0 Å². The standard InChI is InChI=1S/C67H108O5/c1-3-5-7-9-11-13-15-17-19-21-23-25-27-29-31-32-33-34-36-37-39-41-43-45-47-49-51-53-55-57-59-61-66(69)71-64-65(63-68)72-67(70)62-60-58-56-54-52-50-48-46-44-42-40-38-35-30-28-26-24-22-20-18-16-14-12-10-8-6-4-2/h5-8,11-14,17-20,23-26,30,35,40,42,46,48,52,54,65,68H,3-4,9-10,15-16,21-22,27-29,31-34,36-39,41,43-45,47,49-51,53,55-64H2,1-2H3/b7-5-,8-6-,13-11-,14-12-,19-17-,20-18-,25-23-,26-24-,35-30-,42-40-,48-46-,54-52-. The molecule has 0 aliphatic carbocycles. The van der Waals surface area contributed by atoms with Crippen molar-refractivity contribution in [3.05, 3.63) is 146 Å². The minimum atomic E-state index is -0.806. The van der Waals surface area contributed by atoms with E-state index < -0.39 is 6.10 Å². The van der Waals surface area contributed by atoms with Crippen molar-refractivity contribution in [1.82, 2.24) is 0 Å². The lowest BCUT2D eigenvalue weighted by Gasteiger charge is -2.15. The van der Waals surface area contributed by atoms with Crippen LogP contribution in [0, 0.1) is 0 Å². The molecule has 0 aromatic rings. The number of carbonyl (C=O) groups is 2. The number of hydrogen-bond donors (Lipinski definition) is 1. The van der Waals surface area contributed by atoms with Gasteiger partial charge in [-0.3, -0.25) is 9.59 Å². The lowest BCUT2D eigenvalue weighted by molar-refractivity contribution is -0.161. The Bertz CT molecular complexity index is 1540. The average molecular weight is 994 g/mol. The first-order chi connectivity index (χ1) is 35.6.